The zero-order valence-corrected chi connectivity index (χ0v) is 9.79. The molecule has 0 aromatic heterocycles. The molecule has 0 atom stereocenters. The molecule has 2 aliphatic heterocycles. The van der Waals surface area contributed by atoms with Gasteiger partial charge in [0.2, 0.25) is 0 Å². The summed E-state index contributed by atoms with van der Waals surface area (Å²) in [5, 5.41) is 0. The van der Waals surface area contributed by atoms with Crippen LogP contribution in [0.15, 0.2) is 18.2 Å². The first-order valence-corrected chi connectivity index (χ1v) is 6.06. The van der Waals surface area contributed by atoms with Crippen LogP contribution in [0.1, 0.15) is 12.8 Å². The van der Waals surface area contributed by atoms with Crippen LogP contribution < -0.4 is 10.6 Å². The number of nitrogens with zero attached hydrogens (tertiary/aromatic N) is 1. The van der Waals surface area contributed by atoms with Crippen LogP contribution in [0.25, 0.3) is 0 Å². The van der Waals surface area contributed by atoms with E-state index in [2.05, 4.69) is 4.90 Å². The van der Waals surface area contributed by atoms with Crippen molar-refractivity contribution in [2.24, 2.45) is 5.41 Å². The largest absolute Gasteiger partial charge is 0.399 e. The van der Waals surface area contributed by atoms with Gasteiger partial charge >= 0.3 is 0 Å². The summed E-state index contributed by atoms with van der Waals surface area (Å²) in [6, 6.07) is 4.93. The molecule has 4 heteroatoms. The molecule has 1 aromatic carbocycles. The van der Waals surface area contributed by atoms with Gasteiger partial charge in [-0.1, -0.05) is 0 Å². The van der Waals surface area contributed by atoms with Gasteiger partial charge in [-0.2, -0.15) is 0 Å². The van der Waals surface area contributed by atoms with Gasteiger partial charge in [0, 0.05) is 37.4 Å². The second kappa shape index (κ2) is 3.88. The number of nitrogen functional groups attached to an aromatic ring is 1. The Morgan fingerprint density at radius 2 is 1.94 bits per heavy atom. The van der Waals surface area contributed by atoms with Crippen molar-refractivity contribution in [2.45, 2.75) is 12.8 Å². The molecule has 0 aliphatic carbocycles. The molecule has 2 saturated heterocycles. The fourth-order valence-corrected chi connectivity index (χ4v) is 2.83. The lowest BCUT2D eigenvalue weighted by atomic mass is 9.73. The summed E-state index contributed by atoms with van der Waals surface area (Å²) in [5.41, 5.74) is 7.07. The topological polar surface area (TPSA) is 38.5 Å². The molecule has 17 heavy (non-hydrogen) atoms. The summed E-state index contributed by atoms with van der Waals surface area (Å²) in [6.07, 6.45) is 2.19. The molecular formula is C13H17FN2O. The minimum atomic E-state index is -0.216. The van der Waals surface area contributed by atoms with Gasteiger partial charge in [-0.05, 0) is 31.0 Å². The van der Waals surface area contributed by atoms with Gasteiger partial charge in [0.15, 0.2) is 0 Å². The summed E-state index contributed by atoms with van der Waals surface area (Å²) in [6.45, 7) is 3.57. The summed E-state index contributed by atoms with van der Waals surface area (Å²) in [4.78, 5) is 2.10. The molecule has 0 amide bonds. The molecule has 0 saturated carbocycles. The molecule has 0 bridgehead atoms. The van der Waals surface area contributed by atoms with Crippen molar-refractivity contribution in [1.29, 1.82) is 0 Å². The van der Waals surface area contributed by atoms with Crippen LogP contribution >= 0.6 is 0 Å². The van der Waals surface area contributed by atoms with Gasteiger partial charge in [0.05, 0.1) is 5.69 Å². The van der Waals surface area contributed by atoms with Crippen LogP contribution in [0.3, 0.4) is 0 Å². The van der Waals surface area contributed by atoms with E-state index in [1.54, 1.807) is 12.1 Å². The highest BCUT2D eigenvalue weighted by Crippen LogP contribution is 2.42. The highest BCUT2D eigenvalue weighted by atomic mass is 19.1. The van der Waals surface area contributed by atoms with Crippen molar-refractivity contribution in [3.8, 4) is 0 Å². The van der Waals surface area contributed by atoms with Crippen molar-refractivity contribution < 1.29 is 9.13 Å². The standard InChI is InChI=1S/C13H17FN2O/c14-11-7-10(15)1-2-12(11)16-8-13(9-16)3-5-17-6-4-13/h1-2,7H,3-6,8-9,15H2. The third-order valence-electron chi connectivity index (χ3n) is 3.92. The predicted octanol–water partition coefficient (Wildman–Crippen LogP) is 2.02. The minimum absolute atomic E-state index is 0.216. The van der Waals surface area contributed by atoms with E-state index < -0.39 is 0 Å². The Labute approximate surface area is 100 Å². The van der Waals surface area contributed by atoms with Gasteiger partial charge in [-0.15, -0.1) is 0 Å². The summed E-state index contributed by atoms with van der Waals surface area (Å²) < 4.78 is 19.1. The molecule has 3 rings (SSSR count). The molecule has 3 nitrogen and oxygen atoms in total. The first kappa shape index (κ1) is 10.8. The lowest BCUT2D eigenvalue weighted by molar-refractivity contribution is -0.000384. The van der Waals surface area contributed by atoms with Crippen LogP contribution in [0, 0.1) is 11.2 Å². The number of halogens is 1. The quantitative estimate of drug-likeness (QED) is 0.758. The van der Waals surface area contributed by atoms with Crippen molar-refractivity contribution in [3.63, 3.8) is 0 Å². The monoisotopic (exact) mass is 236 g/mol. The summed E-state index contributed by atoms with van der Waals surface area (Å²) >= 11 is 0. The van der Waals surface area contributed by atoms with Crippen molar-refractivity contribution in [1.82, 2.24) is 0 Å². The van der Waals surface area contributed by atoms with E-state index in [0.717, 1.165) is 39.1 Å². The zero-order chi connectivity index (χ0) is 11.9. The molecule has 2 heterocycles. The lowest BCUT2D eigenvalue weighted by Gasteiger charge is -2.53. The number of benzene rings is 1. The average Bonchev–Trinajstić information content (AvgIpc) is 2.27. The molecule has 1 aromatic rings. The molecule has 0 radical (unpaired) electrons. The highest BCUT2D eigenvalue weighted by Gasteiger charge is 2.44. The Morgan fingerprint density at radius 3 is 2.59 bits per heavy atom. The molecule has 92 valence electrons. The van der Waals surface area contributed by atoms with E-state index in [4.69, 9.17) is 10.5 Å². The Balaban J connectivity index is 1.72. The fraction of sp³-hybridized carbons (Fsp3) is 0.538. The van der Waals surface area contributed by atoms with E-state index in [1.165, 1.54) is 6.07 Å². The van der Waals surface area contributed by atoms with Crippen LogP contribution in [-0.2, 0) is 4.74 Å². The van der Waals surface area contributed by atoms with E-state index >= 15 is 0 Å². The third kappa shape index (κ3) is 1.86. The van der Waals surface area contributed by atoms with E-state index in [0.29, 0.717) is 16.8 Å². The van der Waals surface area contributed by atoms with Crippen molar-refractivity contribution in [3.05, 3.63) is 24.0 Å². The van der Waals surface area contributed by atoms with Gasteiger partial charge in [0.1, 0.15) is 5.82 Å². The summed E-state index contributed by atoms with van der Waals surface area (Å²) in [7, 11) is 0. The molecule has 2 N–H and O–H groups in total. The maximum Gasteiger partial charge on any atom is 0.148 e. The number of hydrogen-bond donors (Lipinski definition) is 1. The second-order valence-electron chi connectivity index (χ2n) is 5.18. The fourth-order valence-electron chi connectivity index (χ4n) is 2.83. The van der Waals surface area contributed by atoms with Crippen LogP contribution in [-0.4, -0.2) is 26.3 Å². The second-order valence-corrected chi connectivity index (χ2v) is 5.18. The Kier molecular flexibility index (Phi) is 2.47. The molecule has 1 spiro atoms. The van der Waals surface area contributed by atoms with Crippen LogP contribution in [0.2, 0.25) is 0 Å². The predicted molar refractivity (Wildman–Crippen MR) is 65.5 cm³/mol. The number of ether oxygens (including phenoxy) is 1. The first-order chi connectivity index (χ1) is 8.19. The maximum atomic E-state index is 13.7. The van der Waals surface area contributed by atoms with Gasteiger partial charge in [-0.25, -0.2) is 4.39 Å². The van der Waals surface area contributed by atoms with Crippen molar-refractivity contribution >= 4 is 11.4 Å². The Bertz CT molecular complexity index is 421. The Hall–Kier alpha value is -1.29. The summed E-state index contributed by atoms with van der Waals surface area (Å²) in [5.74, 6) is -0.216. The van der Waals surface area contributed by atoms with E-state index in [1.807, 2.05) is 0 Å². The number of nitrogens with two attached hydrogens (primary N) is 1. The maximum absolute atomic E-state index is 13.7. The molecular weight excluding hydrogens is 219 g/mol. The van der Waals surface area contributed by atoms with E-state index in [-0.39, 0.29) is 5.82 Å². The van der Waals surface area contributed by atoms with Gasteiger partial charge in [-0.3, -0.25) is 0 Å². The zero-order valence-electron chi connectivity index (χ0n) is 9.79. The molecule has 0 unspecified atom stereocenters. The highest BCUT2D eigenvalue weighted by molar-refractivity contribution is 5.56. The Morgan fingerprint density at radius 1 is 1.24 bits per heavy atom. The van der Waals surface area contributed by atoms with Crippen molar-refractivity contribution in [2.75, 3.05) is 36.9 Å². The molecule has 2 aliphatic rings. The number of rotatable bonds is 1. The van der Waals surface area contributed by atoms with Crippen LogP contribution in [0.5, 0.6) is 0 Å². The average molecular weight is 236 g/mol. The first-order valence-electron chi connectivity index (χ1n) is 6.06. The lowest BCUT2D eigenvalue weighted by Crippen LogP contribution is -2.58. The normalized spacial score (nSPS) is 22.5. The number of anilines is 2. The van der Waals surface area contributed by atoms with Gasteiger partial charge in [0.25, 0.3) is 0 Å². The smallest absolute Gasteiger partial charge is 0.148 e. The van der Waals surface area contributed by atoms with Gasteiger partial charge < -0.3 is 15.4 Å². The van der Waals surface area contributed by atoms with Crippen LogP contribution in [0.4, 0.5) is 15.8 Å². The SMILES string of the molecule is Nc1ccc(N2CC3(CCOCC3)C2)c(F)c1. The van der Waals surface area contributed by atoms with E-state index in [9.17, 15) is 4.39 Å². The minimum Gasteiger partial charge on any atom is -0.399 e. The third-order valence-corrected chi connectivity index (χ3v) is 3.92. The number of hydrogen-bond acceptors (Lipinski definition) is 3. The molecule has 2 fully saturated rings.